The van der Waals surface area contributed by atoms with Gasteiger partial charge in [-0.15, -0.1) is 11.3 Å². The number of rotatable bonds is 6. The molecule has 0 aliphatic carbocycles. The fraction of sp³-hybridized carbons (Fsp3) is 0.600. The molecule has 1 aromatic rings. The first kappa shape index (κ1) is 11.7. The third-order valence-electron chi connectivity index (χ3n) is 2.34. The fourth-order valence-electron chi connectivity index (χ4n) is 1.26. The van der Waals surface area contributed by atoms with Crippen LogP contribution in [0.5, 0.6) is 0 Å². The smallest absolute Gasteiger partial charge is 0.0609 e. The molecule has 1 rings (SSSR count). The number of hydrogen-bond acceptors (Lipinski definition) is 4. The quantitative estimate of drug-likeness (QED) is 0.729. The zero-order chi connectivity index (χ0) is 10.4. The Bertz CT molecular complexity index is 234. The van der Waals surface area contributed by atoms with Gasteiger partial charge in [-0.1, -0.05) is 6.07 Å². The highest BCUT2D eigenvalue weighted by Crippen LogP contribution is 2.10. The Morgan fingerprint density at radius 2 is 2.14 bits per heavy atom. The average Bonchev–Trinajstić information content (AvgIpc) is 2.69. The Hall–Kier alpha value is -0.420. The van der Waals surface area contributed by atoms with Crippen molar-refractivity contribution in [2.75, 3.05) is 26.8 Å². The SMILES string of the molecule is CN(CCc1cccs1)C(CO)CO. The third kappa shape index (κ3) is 3.38. The minimum atomic E-state index is -0.130. The molecule has 3 nitrogen and oxygen atoms in total. The van der Waals surface area contributed by atoms with Gasteiger partial charge < -0.3 is 10.2 Å². The summed E-state index contributed by atoms with van der Waals surface area (Å²) in [4.78, 5) is 3.33. The molecule has 1 aromatic heterocycles. The second-order valence-electron chi connectivity index (χ2n) is 3.33. The summed E-state index contributed by atoms with van der Waals surface area (Å²) in [6.07, 6.45) is 0.977. The largest absolute Gasteiger partial charge is 0.395 e. The molecule has 0 aromatic carbocycles. The van der Waals surface area contributed by atoms with E-state index in [2.05, 4.69) is 11.4 Å². The summed E-state index contributed by atoms with van der Waals surface area (Å²) in [6, 6.07) is 4.01. The van der Waals surface area contributed by atoms with Crippen molar-refractivity contribution in [1.82, 2.24) is 4.90 Å². The second-order valence-corrected chi connectivity index (χ2v) is 4.36. The molecule has 0 atom stereocenters. The molecule has 0 bridgehead atoms. The van der Waals surface area contributed by atoms with E-state index in [1.807, 2.05) is 18.0 Å². The molecule has 0 saturated carbocycles. The van der Waals surface area contributed by atoms with Gasteiger partial charge in [-0.25, -0.2) is 0 Å². The van der Waals surface area contributed by atoms with E-state index in [0.717, 1.165) is 13.0 Å². The van der Waals surface area contributed by atoms with Gasteiger partial charge in [-0.3, -0.25) is 4.90 Å². The van der Waals surface area contributed by atoms with Gasteiger partial charge in [-0.05, 0) is 24.9 Å². The second kappa shape index (κ2) is 6.14. The number of likely N-dealkylation sites (N-methyl/N-ethyl adjacent to an activating group) is 1. The van der Waals surface area contributed by atoms with Crippen LogP contribution in [0.15, 0.2) is 17.5 Å². The van der Waals surface area contributed by atoms with Crippen LogP contribution < -0.4 is 0 Å². The van der Waals surface area contributed by atoms with Gasteiger partial charge in [0, 0.05) is 11.4 Å². The lowest BCUT2D eigenvalue weighted by Crippen LogP contribution is -2.38. The molecule has 80 valence electrons. The Labute approximate surface area is 88.6 Å². The Morgan fingerprint density at radius 1 is 1.43 bits per heavy atom. The monoisotopic (exact) mass is 215 g/mol. The Morgan fingerprint density at radius 3 is 2.64 bits per heavy atom. The van der Waals surface area contributed by atoms with Crippen LogP contribution in [0.2, 0.25) is 0 Å². The summed E-state index contributed by atoms with van der Waals surface area (Å²) in [7, 11) is 1.92. The van der Waals surface area contributed by atoms with Crippen LogP contribution in [0.25, 0.3) is 0 Å². The normalized spacial score (nSPS) is 11.5. The first-order chi connectivity index (χ1) is 6.77. The highest BCUT2D eigenvalue weighted by Gasteiger charge is 2.11. The van der Waals surface area contributed by atoms with Crippen LogP contribution >= 0.6 is 11.3 Å². The minimum Gasteiger partial charge on any atom is -0.395 e. The summed E-state index contributed by atoms with van der Waals surface area (Å²) >= 11 is 1.74. The third-order valence-corrected chi connectivity index (χ3v) is 3.27. The number of thiophene rings is 1. The van der Waals surface area contributed by atoms with E-state index in [9.17, 15) is 0 Å². The minimum absolute atomic E-state index is 0.0113. The lowest BCUT2D eigenvalue weighted by molar-refractivity contribution is 0.0926. The molecule has 0 aliphatic rings. The zero-order valence-corrected chi connectivity index (χ0v) is 9.20. The molecule has 0 amide bonds. The summed E-state index contributed by atoms with van der Waals surface area (Å²) in [5, 5.41) is 20.0. The Balaban J connectivity index is 2.30. The predicted octanol–water partition coefficient (Wildman–Crippen LogP) is 0.576. The lowest BCUT2D eigenvalue weighted by atomic mass is 10.2. The molecule has 0 radical (unpaired) electrons. The molecular weight excluding hydrogens is 198 g/mol. The van der Waals surface area contributed by atoms with E-state index < -0.39 is 0 Å². The van der Waals surface area contributed by atoms with Crippen molar-refractivity contribution >= 4 is 11.3 Å². The maximum absolute atomic E-state index is 8.95. The number of aliphatic hydroxyl groups is 2. The molecule has 4 heteroatoms. The predicted molar refractivity (Wildman–Crippen MR) is 58.6 cm³/mol. The fourth-order valence-corrected chi connectivity index (χ4v) is 1.96. The molecule has 0 saturated heterocycles. The van der Waals surface area contributed by atoms with Crippen molar-refractivity contribution in [2.45, 2.75) is 12.5 Å². The van der Waals surface area contributed by atoms with Crippen molar-refractivity contribution in [3.05, 3.63) is 22.4 Å². The highest BCUT2D eigenvalue weighted by molar-refractivity contribution is 7.09. The van der Waals surface area contributed by atoms with E-state index in [4.69, 9.17) is 10.2 Å². The van der Waals surface area contributed by atoms with Gasteiger partial charge in [0.2, 0.25) is 0 Å². The van der Waals surface area contributed by atoms with E-state index in [-0.39, 0.29) is 19.3 Å². The van der Waals surface area contributed by atoms with Crippen LogP contribution in [-0.2, 0) is 6.42 Å². The molecule has 0 fully saturated rings. The van der Waals surface area contributed by atoms with Crippen molar-refractivity contribution in [2.24, 2.45) is 0 Å². The van der Waals surface area contributed by atoms with Gasteiger partial charge >= 0.3 is 0 Å². The van der Waals surface area contributed by atoms with Crippen LogP contribution in [-0.4, -0.2) is 48.0 Å². The van der Waals surface area contributed by atoms with Gasteiger partial charge in [0.05, 0.1) is 19.3 Å². The van der Waals surface area contributed by atoms with Gasteiger partial charge in [-0.2, -0.15) is 0 Å². The average molecular weight is 215 g/mol. The van der Waals surface area contributed by atoms with Crippen molar-refractivity contribution in [1.29, 1.82) is 0 Å². The lowest BCUT2D eigenvalue weighted by Gasteiger charge is -2.24. The van der Waals surface area contributed by atoms with E-state index >= 15 is 0 Å². The van der Waals surface area contributed by atoms with E-state index in [1.165, 1.54) is 4.88 Å². The molecule has 2 N–H and O–H groups in total. The summed E-state index contributed by atoms with van der Waals surface area (Å²) in [5.74, 6) is 0. The summed E-state index contributed by atoms with van der Waals surface area (Å²) in [5.41, 5.74) is 0. The molecule has 0 spiro atoms. The zero-order valence-electron chi connectivity index (χ0n) is 8.39. The molecule has 14 heavy (non-hydrogen) atoms. The number of aliphatic hydroxyl groups excluding tert-OH is 2. The van der Waals surface area contributed by atoms with Crippen LogP contribution in [0.3, 0.4) is 0 Å². The Kier molecular flexibility index (Phi) is 5.11. The highest BCUT2D eigenvalue weighted by atomic mass is 32.1. The maximum atomic E-state index is 8.95. The van der Waals surface area contributed by atoms with Crippen molar-refractivity contribution in [3.8, 4) is 0 Å². The molecule has 0 aliphatic heterocycles. The first-order valence-corrected chi connectivity index (χ1v) is 5.60. The maximum Gasteiger partial charge on any atom is 0.0609 e. The van der Waals surface area contributed by atoms with Crippen LogP contribution in [0.1, 0.15) is 4.88 Å². The van der Waals surface area contributed by atoms with Crippen LogP contribution in [0, 0.1) is 0 Å². The van der Waals surface area contributed by atoms with Gasteiger partial charge in [0.1, 0.15) is 0 Å². The van der Waals surface area contributed by atoms with Crippen molar-refractivity contribution < 1.29 is 10.2 Å². The molecular formula is C10H17NO2S. The topological polar surface area (TPSA) is 43.7 Å². The number of hydrogen-bond donors (Lipinski definition) is 2. The van der Waals surface area contributed by atoms with Crippen LogP contribution in [0.4, 0.5) is 0 Å². The van der Waals surface area contributed by atoms with E-state index in [1.54, 1.807) is 11.3 Å². The number of nitrogens with zero attached hydrogens (tertiary/aromatic N) is 1. The van der Waals surface area contributed by atoms with Gasteiger partial charge in [0.15, 0.2) is 0 Å². The first-order valence-electron chi connectivity index (χ1n) is 4.72. The van der Waals surface area contributed by atoms with Crippen molar-refractivity contribution in [3.63, 3.8) is 0 Å². The summed E-state index contributed by atoms with van der Waals surface area (Å²) < 4.78 is 0. The van der Waals surface area contributed by atoms with E-state index in [0.29, 0.717) is 0 Å². The van der Waals surface area contributed by atoms with Gasteiger partial charge in [0.25, 0.3) is 0 Å². The summed E-state index contributed by atoms with van der Waals surface area (Å²) in [6.45, 7) is 0.890. The molecule has 0 unspecified atom stereocenters. The molecule has 1 heterocycles. The standard InChI is InChI=1S/C10H17NO2S/c1-11(9(7-12)8-13)5-4-10-3-2-6-14-10/h2-3,6,9,12-13H,4-5,7-8H2,1H3.